The maximum absolute atomic E-state index is 14.2. The lowest BCUT2D eigenvalue weighted by molar-refractivity contribution is -0.122. The van der Waals surface area contributed by atoms with Gasteiger partial charge >= 0.3 is 0 Å². The summed E-state index contributed by atoms with van der Waals surface area (Å²) in [6.45, 7) is 7.23. The molecule has 0 aromatic heterocycles. The zero-order valence-electron chi connectivity index (χ0n) is 28.3. The monoisotopic (exact) mass is 678 g/mol. The van der Waals surface area contributed by atoms with E-state index in [1.165, 1.54) is 10.4 Å². The van der Waals surface area contributed by atoms with Crippen LogP contribution in [0.4, 0.5) is 0 Å². The Labute approximate surface area is 285 Å². The summed E-state index contributed by atoms with van der Waals surface area (Å²) in [7, 11) is -4.12. The predicted molar refractivity (Wildman–Crippen MR) is 187 cm³/mol. The van der Waals surface area contributed by atoms with Crippen LogP contribution in [0.3, 0.4) is 0 Å². The number of rotatable bonds is 19. The van der Waals surface area contributed by atoms with Crippen LogP contribution >= 0.6 is 0 Å². The van der Waals surface area contributed by atoms with Crippen molar-refractivity contribution < 1.29 is 27.9 Å². The molecule has 48 heavy (non-hydrogen) atoms. The molecule has 11 heteroatoms. The Hall–Kier alpha value is -3.77. The highest BCUT2D eigenvalue weighted by Gasteiger charge is 2.43. The maximum Gasteiger partial charge on any atom is 0.245 e. The van der Waals surface area contributed by atoms with Gasteiger partial charge in [-0.2, -0.15) is 4.31 Å². The highest BCUT2D eigenvalue weighted by atomic mass is 32.2. The summed E-state index contributed by atoms with van der Waals surface area (Å²) in [6.07, 6.45) is 2.11. The number of hydrogen-bond acceptors (Lipinski definition) is 7. The van der Waals surface area contributed by atoms with Gasteiger partial charge in [-0.3, -0.25) is 9.59 Å². The summed E-state index contributed by atoms with van der Waals surface area (Å²) in [4.78, 5) is 25.2. The van der Waals surface area contributed by atoms with Crippen molar-refractivity contribution in [1.82, 2.24) is 20.3 Å². The first-order valence-corrected chi connectivity index (χ1v) is 18.3. The molecule has 1 aliphatic heterocycles. The zero-order valence-corrected chi connectivity index (χ0v) is 29.1. The molecule has 4 N–H and O–H groups in total. The first-order valence-electron chi connectivity index (χ1n) is 16.8. The van der Waals surface area contributed by atoms with Crippen LogP contribution in [0.2, 0.25) is 0 Å². The van der Waals surface area contributed by atoms with E-state index in [1.807, 2.05) is 81.4 Å². The van der Waals surface area contributed by atoms with Crippen LogP contribution in [0, 0.1) is 5.92 Å². The Kier molecular flexibility index (Phi) is 13.6. The Balaban J connectivity index is 1.33. The molecule has 260 valence electrons. The van der Waals surface area contributed by atoms with E-state index in [1.54, 1.807) is 12.1 Å². The predicted octanol–water partition coefficient (Wildman–Crippen LogP) is 4.17. The van der Waals surface area contributed by atoms with Crippen molar-refractivity contribution in [2.45, 2.75) is 82.5 Å². The number of fused-ring (bicyclic) bond motifs is 1. The van der Waals surface area contributed by atoms with E-state index in [0.29, 0.717) is 38.2 Å². The van der Waals surface area contributed by atoms with Gasteiger partial charge in [-0.1, -0.05) is 74.5 Å². The fourth-order valence-electron chi connectivity index (χ4n) is 5.87. The van der Waals surface area contributed by atoms with Crippen LogP contribution in [0.25, 0.3) is 0 Å². The SMILES string of the molecule is CC(C)CN(C(O)(CCNC(=O)CCCC(C)NC(=O)CNCc1ccccc1)Cc1ccccc1)S(=O)(=O)c1ccc2c(c1)CCO2. The molecule has 0 spiro atoms. The van der Waals surface area contributed by atoms with Crippen molar-refractivity contribution >= 4 is 21.8 Å². The van der Waals surface area contributed by atoms with Gasteiger partial charge in [-0.15, -0.1) is 0 Å². The molecule has 0 saturated heterocycles. The molecule has 2 unspecified atom stereocenters. The molecule has 10 nitrogen and oxygen atoms in total. The van der Waals surface area contributed by atoms with Gasteiger partial charge in [0.15, 0.2) is 0 Å². The number of amides is 2. The lowest BCUT2D eigenvalue weighted by Crippen LogP contribution is -2.55. The molecule has 2 amide bonds. The number of carbonyl (C=O) groups excluding carboxylic acids is 2. The molecule has 0 aliphatic carbocycles. The summed E-state index contributed by atoms with van der Waals surface area (Å²) in [5.41, 5.74) is 0.907. The van der Waals surface area contributed by atoms with E-state index in [4.69, 9.17) is 4.74 Å². The molecule has 0 fully saturated rings. The van der Waals surface area contributed by atoms with Gasteiger partial charge in [0.1, 0.15) is 11.5 Å². The number of nitrogens with zero attached hydrogens (tertiary/aromatic N) is 1. The van der Waals surface area contributed by atoms with E-state index in [-0.39, 0.29) is 67.6 Å². The van der Waals surface area contributed by atoms with Crippen LogP contribution in [-0.4, -0.2) is 67.7 Å². The van der Waals surface area contributed by atoms with E-state index < -0.39 is 15.7 Å². The summed E-state index contributed by atoms with van der Waals surface area (Å²) >= 11 is 0. The molecule has 0 bridgehead atoms. The molecule has 1 heterocycles. The third kappa shape index (κ3) is 10.9. The minimum atomic E-state index is -4.12. The van der Waals surface area contributed by atoms with Crippen molar-refractivity contribution in [2.24, 2.45) is 5.92 Å². The van der Waals surface area contributed by atoms with Crippen molar-refractivity contribution in [1.29, 1.82) is 0 Å². The van der Waals surface area contributed by atoms with E-state index in [9.17, 15) is 23.1 Å². The number of sulfonamides is 1. The van der Waals surface area contributed by atoms with Gasteiger partial charge in [-0.05, 0) is 60.6 Å². The topological polar surface area (TPSA) is 137 Å². The number of benzene rings is 3. The average Bonchev–Trinajstić information content (AvgIpc) is 3.53. The number of carbonyl (C=O) groups is 2. The lowest BCUT2D eigenvalue weighted by atomic mass is 9.98. The first-order chi connectivity index (χ1) is 23.0. The second kappa shape index (κ2) is 17.6. The number of nitrogens with one attached hydrogen (secondary N) is 3. The number of aliphatic hydroxyl groups is 1. The lowest BCUT2D eigenvalue weighted by Gasteiger charge is -2.40. The summed E-state index contributed by atoms with van der Waals surface area (Å²) < 4.78 is 35.2. The van der Waals surface area contributed by atoms with Crippen LogP contribution in [0.1, 0.15) is 63.1 Å². The third-order valence-electron chi connectivity index (χ3n) is 8.33. The molecule has 0 saturated carbocycles. The fourth-order valence-corrected chi connectivity index (χ4v) is 7.75. The van der Waals surface area contributed by atoms with Crippen LogP contribution in [-0.2, 0) is 39.0 Å². The Bertz CT molecular complexity index is 1590. The van der Waals surface area contributed by atoms with Crippen molar-refractivity contribution in [3.05, 3.63) is 95.6 Å². The van der Waals surface area contributed by atoms with Gasteiger partial charge < -0.3 is 25.8 Å². The smallest absolute Gasteiger partial charge is 0.245 e. The van der Waals surface area contributed by atoms with Crippen LogP contribution in [0.15, 0.2) is 83.8 Å². The van der Waals surface area contributed by atoms with Crippen molar-refractivity contribution in [3.8, 4) is 5.75 Å². The molecular formula is C37H50N4O6S. The summed E-state index contributed by atoms with van der Waals surface area (Å²) in [6, 6.07) is 23.9. The molecular weight excluding hydrogens is 628 g/mol. The van der Waals surface area contributed by atoms with Gasteiger partial charge in [-0.25, -0.2) is 8.42 Å². The van der Waals surface area contributed by atoms with E-state index in [2.05, 4.69) is 16.0 Å². The fraction of sp³-hybridized carbons (Fsp3) is 0.459. The van der Waals surface area contributed by atoms with Gasteiger partial charge in [0, 0.05) is 51.4 Å². The molecule has 4 rings (SSSR count). The standard InChI is InChI=1S/C37H50N4O6S/c1-28(2)27-41(48(45,46)33-17-18-34-32(23-33)19-22-47-34)37(44,24-30-12-6-4-7-13-30)20-21-39-35(42)16-10-11-29(3)40-36(43)26-38-25-31-14-8-5-9-15-31/h4-9,12-15,17-18,23,28-29,38,44H,10-11,16,19-22,24-27H2,1-3H3,(H,39,42)(H,40,43). The van der Waals surface area contributed by atoms with Gasteiger partial charge in [0.2, 0.25) is 21.8 Å². The molecule has 0 radical (unpaired) electrons. The molecule has 2 atom stereocenters. The molecule has 3 aromatic rings. The van der Waals surface area contributed by atoms with E-state index >= 15 is 0 Å². The Morgan fingerprint density at radius 3 is 2.33 bits per heavy atom. The molecule has 1 aliphatic rings. The van der Waals surface area contributed by atoms with Crippen molar-refractivity contribution in [3.63, 3.8) is 0 Å². The highest BCUT2D eigenvalue weighted by Crippen LogP contribution is 2.33. The minimum absolute atomic E-state index is 0.00389. The highest BCUT2D eigenvalue weighted by molar-refractivity contribution is 7.89. The summed E-state index contributed by atoms with van der Waals surface area (Å²) in [5.74, 6) is 0.308. The third-order valence-corrected chi connectivity index (χ3v) is 10.2. The average molecular weight is 679 g/mol. The first kappa shape index (κ1) is 37.1. The normalized spacial score (nSPS) is 14.6. The number of ether oxygens (including phenoxy) is 1. The molecule has 3 aromatic carbocycles. The largest absolute Gasteiger partial charge is 0.493 e. The second-order valence-electron chi connectivity index (χ2n) is 13.0. The maximum atomic E-state index is 14.2. The number of hydrogen-bond donors (Lipinski definition) is 4. The van der Waals surface area contributed by atoms with Crippen LogP contribution < -0.4 is 20.7 Å². The van der Waals surface area contributed by atoms with Crippen LogP contribution in [0.5, 0.6) is 5.75 Å². The second-order valence-corrected chi connectivity index (χ2v) is 14.9. The Morgan fingerprint density at radius 2 is 1.65 bits per heavy atom. The van der Waals surface area contributed by atoms with Gasteiger partial charge in [0.25, 0.3) is 0 Å². The summed E-state index contributed by atoms with van der Waals surface area (Å²) in [5, 5.41) is 21.2. The minimum Gasteiger partial charge on any atom is -0.493 e. The van der Waals surface area contributed by atoms with Gasteiger partial charge in [0.05, 0.1) is 18.0 Å². The quantitative estimate of drug-likeness (QED) is 0.140. The Morgan fingerprint density at radius 1 is 0.958 bits per heavy atom. The zero-order chi connectivity index (χ0) is 34.6. The van der Waals surface area contributed by atoms with Crippen molar-refractivity contribution in [2.75, 3.05) is 26.2 Å². The van der Waals surface area contributed by atoms with E-state index in [0.717, 1.165) is 16.7 Å².